The number of benzene rings is 3. The molecular formula is C21H16O. The molecule has 0 bridgehead atoms. The van der Waals surface area contributed by atoms with Crippen molar-refractivity contribution in [3.63, 3.8) is 0 Å². The number of terminal acetylenes is 1. The Morgan fingerprint density at radius 3 is 2.36 bits per heavy atom. The number of carbonyl (C=O) groups excluding carboxylic acids is 1. The van der Waals surface area contributed by atoms with E-state index >= 15 is 0 Å². The normalized spacial score (nSPS) is 11.8. The second-order valence-corrected chi connectivity index (χ2v) is 5.28. The van der Waals surface area contributed by atoms with Crippen LogP contribution in [0, 0.1) is 12.3 Å². The van der Waals surface area contributed by atoms with Crippen LogP contribution in [0.25, 0.3) is 10.8 Å². The molecule has 0 spiro atoms. The van der Waals surface area contributed by atoms with Gasteiger partial charge in [0.05, 0.1) is 5.92 Å². The molecule has 3 aromatic rings. The zero-order chi connectivity index (χ0) is 15.4. The lowest BCUT2D eigenvalue weighted by Gasteiger charge is -2.13. The Hall–Kier alpha value is -2.85. The van der Waals surface area contributed by atoms with Gasteiger partial charge in [-0.15, -0.1) is 6.42 Å². The molecule has 0 saturated carbocycles. The van der Waals surface area contributed by atoms with Crippen molar-refractivity contribution in [1.29, 1.82) is 0 Å². The zero-order valence-corrected chi connectivity index (χ0v) is 12.2. The van der Waals surface area contributed by atoms with Crippen LogP contribution < -0.4 is 0 Å². The minimum atomic E-state index is -0.209. The first-order valence-corrected chi connectivity index (χ1v) is 7.31. The second-order valence-electron chi connectivity index (χ2n) is 5.28. The van der Waals surface area contributed by atoms with Gasteiger partial charge in [-0.1, -0.05) is 78.7 Å². The monoisotopic (exact) mass is 284 g/mol. The van der Waals surface area contributed by atoms with Crippen LogP contribution in [-0.2, 0) is 0 Å². The number of hydrogen-bond acceptors (Lipinski definition) is 1. The molecule has 1 heteroatoms. The highest BCUT2D eigenvalue weighted by atomic mass is 16.1. The van der Waals surface area contributed by atoms with Crippen LogP contribution in [0.2, 0.25) is 0 Å². The summed E-state index contributed by atoms with van der Waals surface area (Å²) in [7, 11) is 0. The summed E-state index contributed by atoms with van der Waals surface area (Å²) in [6.07, 6.45) is 6.05. The van der Waals surface area contributed by atoms with Gasteiger partial charge < -0.3 is 0 Å². The Bertz CT molecular complexity index is 835. The first-order chi connectivity index (χ1) is 10.8. The maximum Gasteiger partial charge on any atom is 0.164 e. The van der Waals surface area contributed by atoms with E-state index in [0.717, 1.165) is 16.3 Å². The van der Waals surface area contributed by atoms with Gasteiger partial charge in [0.2, 0.25) is 0 Å². The lowest BCUT2D eigenvalue weighted by atomic mass is 9.89. The van der Waals surface area contributed by atoms with E-state index in [0.29, 0.717) is 12.0 Å². The third-order valence-electron chi connectivity index (χ3n) is 3.89. The van der Waals surface area contributed by atoms with E-state index in [1.54, 1.807) is 0 Å². The Morgan fingerprint density at radius 1 is 0.909 bits per heavy atom. The van der Waals surface area contributed by atoms with Crippen LogP contribution in [-0.4, -0.2) is 5.78 Å². The van der Waals surface area contributed by atoms with Gasteiger partial charge in [0, 0.05) is 12.0 Å². The van der Waals surface area contributed by atoms with Crippen molar-refractivity contribution >= 4 is 16.6 Å². The third kappa shape index (κ3) is 2.77. The number of rotatable bonds is 4. The van der Waals surface area contributed by atoms with E-state index in [2.05, 4.69) is 24.1 Å². The predicted octanol–water partition coefficient (Wildman–Crippen LogP) is 4.83. The van der Waals surface area contributed by atoms with Crippen LogP contribution in [0.5, 0.6) is 0 Å². The van der Waals surface area contributed by atoms with E-state index in [9.17, 15) is 4.79 Å². The van der Waals surface area contributed by atoms with Crippen molar-refractivity contribution in [2.24, 2.45) is 0 Å². The number of ketones is 1. The van der Waals surface area contributed by atoms with E-state index in [1.165, 1.54) is 0 Å². The summed E-state index contributed by atoms with van der Waals surface area (Å²) in [6, 6.07) is 23.5. The summed E-state index contributed by atoms with van der Waals surface area (Å²) < 4.78 is 0. The Kier molecular flexibility index (Phi) is 4.03. The largest absolute Gasteiger partial charge is 0.294 e. The van der Waals surface area contributed by atoms with Gasteiger partial charge >= 0.3 is 0 Å². The van der Waals surface area contributed by atoms with E-state index < -0.39 is 0 Å². The first-order valence-electron chi connectivity index (χ1n) is 7.31. The van der Waals surface area contributed by atoms with Crippen molar-refractivity contribution in [2.75, 3.05) is 0 Å². The molecule has 3 aromatic carbocycles. The lowest BCUT2D eigenvalue weighted by molar-refractivity contribution is 0.0979. The molecule has 0 saturated heterocycles. The fourth-order valence-corrected chi connectivity index (χ4v) is 2.74. The topological polar surface area (TPSA) is 17.1 Å². The lowest BCUT2D eigenvalue weighted by Crippen LogP contribution is -2.06. The molecule has 22 heavy (non-hydrogen) atoms. The molecule has 0 heterocycles. The maximum atomic E-state index is 12.4. The highest BCUT2D eigenvalue weighted by Gasteiger charge is 2.17. The van der Waals surface area contributed by atoms with Crippen LogP contribution in [0.15, 0.2) is 72.8 Å². The van der Waals surface area contributed by atoms with Gasteiger partial charge in [0.25, 0.3) is 0 Å². The molecule has 0 aromatic heterocycles. The van der Waals surface area contributed by atoms with Crippen molar-refractivity contribution < 1.29 is 4.79 Å². The highest BCUT2D eigenvalue weighted by molar-refractivity contribution is 5.97. The van der Waals surface area contributed by atoms with Crippen LogP contribution in [0.3, 0.4) is 0 Å². The summed E-state index contributed by atoms with van der Waals surface area (Å²) in [5, 5.41) is 2.27. The molecule has 0 fully saturated rings. The van der Waals surface area contributed by atoms with Gasteiger partial charge in [0.1, 0.15) is 0 Å². The molecule has 1 atom stereocenters. The summed E-state index contributed by atoms with van der Waals surface area (Å²) in [5.41, 5.74) is 1.76. The summed E-state index contributed by atoms with van der Waals surface area (Å²) in [4.78, 5) is 12.4. The van der Waals surface area contributed by atoms with Crippen LogP contribution in [0.4, 0.5) is 0 Å². The van der Waals surface area contributed by atoms with Crippen LogP contribution in [0.1, 0.15) is 28.3 Å². The van der Waals surface area contributed by atoms with Gasteiger partial charge in [0.15, 0.2) is 5.78 Å². The summed E-state index contributed by atoms with van der Waals surface area (Å²) in [6.45, 7) is 0. The Balaban J connectivity index is 1.94. The molecule has 1 unspecified atom stereocenters. The molecule has 1 nitrogen and oxygen atoms in total. The van der Waals surface area contributed by atoms with Gasteiger partial charge in [-0.05, 0) is 16.3 Å². The highest BCUT2D eigenvalue weighted by Crippen LogP contribution is 2.28. The average molecular weight is 284 g/mol. The average Bonchev–Trinajstić information content (AvgIpc) is 2.60. The molecule has 0 aliphatic heterocycles. The molecule has 0 N–H and O–H groups in total. The standard InChI is InChI=1S/C21H16O/c1-2-16(15-21(22)18-10-4-3-5-11-18)19-14-8-12-17-9-6-7-13-20(17)19/h1,3-14,16H,15H2. The van der Waals surface area contributed by atoms with Gasteiger partial charge in [-0.3, -0.25) is 4.79 Å². The fraction of sp³-hybridized carbons (Fsp3) is 0.0952. The summed E-state index contributed by atoms with van der Waals surface area (Å²) >= 11 is 0. The van der Waals surface area contributed by atoms with Gasteiger partial charge in [-0.25, -0.2) is 0 Å². The van der Waals surface area contributed by atoms with Crippen LogP contribution >= 0.6 is 0 Å². The quantitative estimate of drug-likeness (QED) is 0.495. The number of Topliss-reactive ketones (excluding diaryl/α,β-unsaturated/α-hetero) is 1. The summed E-state index contributed by atoms with van der Waals surface area (Å²) in [5.74, 6) is 2.66. The van der Waals surface area contributed by atoms with Crippen molar-refractivity contribution in [1.82, 2.24) is 0 Å². The molecule has 3 rings (SSSR count). The molecule has 0 radical (unpaired) electrons. The number of fused-ring (bicyclic) bond motifs is 1. The molecular weight excluding hydrogens is 268 g/mol. The number of hydrogen-bond donors (Lipinski definition) is 0. The van der Waals surface area contributed by atoms with Crippen molar-refractivity contribution in [3.05, 3.63) is 83.9 Å². The molecule has 106 valence electrons. The predicted molar refractivity (Wildman–Crippen MR) is 90.9 cm³/mol. The fourth-order valence-electron chi connectivity index (χ4n) is 2.74. The first kappa shape index (κ1) is 14.1. The number of carbonyl (C=O) groups is 1. The van der Waals surface area contributed by atoms with E-state index in [4.69, 9.17) is 6.42 Å². The molecule has 0 amide bonds. The third-order valence-corrected chi connectivity index (χ3v) is 3.89. The minimum Gasteiger partial charge on any atom is -0.294 e. The SMILES string of the molecule is C#CC(CC(=O)c1ccccc1)c1cccc2ccccc12. The maximum absolute atomic E-state index is 12.4. The van der Waals surface area contributed by atoms with Gasteiger partial charge in [-0.2, -0.15) is 0 Å². The Labute approximate surface area is 130 Å². The van der Waals surface area contributed by atoms with Crippen molar-refractivity contribution in [3.8, 4) is 12.3 Å². The zero-order valence-electron chi connectivity index (χ0n) is 12.2. The van der Waals surface area contributed by atoms with E-state index in [-0.39, 0.29) is 11.7 Å². The minimum absolute atomic E-state index is 0.0801. The molecule has 0 aliphatic rings. The molecule has 0 aliphatic carbocycles. The second kappa shape index (κ2) is 6.28. The van der Waals surface area contributed by atoms with Crippen molar-refractivity contribution in [2.45, 2.75) is 12.3 Å². The van der Waals surface area contributed by atoms with E-state index in [1.807, 2.05) is 54.6 Å². The smallest absolute Gasteiger partial charge is 0.164 e. The Morgan fingerprint density at radius 2 is 1.59 bits per heavy atom.